The molecule has 1 amide bonds. The highest BCUT2D eigenvalue weighted by atomic mass is 16.5. The maximum atomic E-state index is 12.4. The number of benzene rings is 1. The molecule has 2 N–H and O–H groups in total. The smallest absolute Gasteiger partial charge is 0.223 e. The quantitative estimate of drug-likeness (QED) is 0.932. The number of piperidine rings is 1. The first-order valence-corrected chi connectivity index (χ1v) is 8.04. The van der Waals surface area contributed by atoms with Gasteiger partial charge in [-0.3, -0.25) is 4.79 Å². The number of nitrogens with zero attached hydrogens (tertiary/aromatic N) is 1. The van der Waals surface area contributed by atoms with Crippen LogP contribution in [0.5, 0.6) is 5.75 Å². The molecule has 1 saturated heterocycles. The Kier molecular flexibility index (Phi) is 4.81. The van der Waals surface area contributed by atoms with E-state index in [4.69, 9.17) is 10.5 Å². The maximum Gasteiger partial charge on any atom is 0.223 e. The van der Waals surface area contributed by atoms with Crippen LogP contribution in [0.1, 0.15) is 59.1 Å². The van der Waals surface area contributed by atoms with E-state index in [0.29, 0.717) is 6.42 Å². The van der Waals surface area contributed by atoms with Crippen molar-refractivity contribution in [1.29, 1.82) is 0 Å². The molecule has 1 fully saturated rings. The lowest BCUT2D eigenvalue weighted by Gasteiger charge is -2.47. The van der Waals surface area contributed by atoms with Crippen molar-refractivity contribution in [3.8, 4) is 5.75 Å². The Balaban J connectivity index is 2.31. The average Bonchev–Trinajstić information content (AvgIpc) is 2.40. The van der Waals surface area contributed by atoms with E-state index in [-0.39, 0.29) is 29.6 Å². The Morgan fingerprint density at radius 3 is 2.32 bits per heavy atom. The van der Waals surface area contributed by atoms with Crippen molar-refractivity contribution >= 4 is 5.91 Å². The van der Waals surface area contributed by atoms with Gasteiger partial charge in [0.05, 0.1) is 12.1 Å². The summed E-state index contributed by atoms with van der Waals surface area (Å²) in [4.78, 5) is 14.4. The standard InChI is InChI=1S/C18H28N2O2/c1-12(2)22-14-8-6-13(7-9-14)17-15(19)10-11-16(21)20(17)18(3,4)5/h6-9,12,15,17H,10-11,19H2,1-5H3. The number of likely N-dealkylation sites (tertiary alicyclic amines) is 1. The number of hydrogen-bond donors (Lipinski definition) is 1. The second kappa shape index (κ2) is 6.29. The van der Waals surface area contributed by atoms with Gasteiger partial charge < -0.3 is 15.4 Å². The number of ether oxygens (including phenoxy) is 1. The normalized spacial score (nSPS) is 23.0. The molecule has 1 aromatic rings. The lowest BCUT2D eigenvalue weighted by atomic mass is 9.86. The van der Waals surface area contributed by atoms with E-state index in [1.54, 1.807) is 0 Å². The van der Waals surface area contributed by atoms with Gasteiger partial charge in [-0.1, -0.05) is 12.1 Å². The van der Waals surface area contributed by atoms with Gasteiger partial charge in [0.1, 0.15) is 5.75 Å². The lowest BCUT2D eigenvalue weighted by molar-refractivity contribution is -0.144. The fraction of sp³-hybridized carbons (Fsp3) is 0.611. The summed E-state index contributed by atoms with van der Waals surface area (Å²) in [5.74, 6) is 1.03. The number of nitrogens with two attached hydrogens (primary N) is 1. The van der Waals surface area contributed by atoms with Gasteiger partial charge in [0.2, 0.25) is 5.91 Å². The topological polar surface area (TPSA) is 55.6 Å². The van der Waals surface area contributed by atoms with Crippen LogP contribution in [0.15, 0.2) is 24.3 Å². The van der Waals surface area contributed by atoms with E-state index in [1.807, 2.05) is 43.0 Å². The molecule has 0 aromatic heterocycles. The highest BCUT2D eigenvalue weighted by Gasteiger charge is 2.40. The Hall–Kier alpha value is -1.55. The predicted octanol–water partition coefficient (Wildman–Crippen LogP) is 3.26. The van der Waals surface area contributed by atoms with Gasteiger partial charge >= 0.3 is 0 Å². The summed E-state index contributed by atoms with van der Waals surface area (Å²) < 4.78 is 5.69. The molecule has 2 rings (SSSR count). The van der Waals surface area contributed by atoms with Gasteiger partial charge in [0.25, 0.3) is 0 Å². The van der Waals surface area contributed by atoms with Crippen LogP contribution in [0.4, 0.5) is 0 Å². The fourth-order valence-electron chi connectivity index (χ4n) is 3.12. The third-order valence-corrected chi connectivity index (χ3v) is 3.96. The first-order chi connectivity index (χ1) is 10.2. The number of hydrogen-bond acceptors (Lipinski definition) is 3. The van der Waals surface area contributed by atoms with Crippen molar-refractivity contribution in [3.63, 3.8) is 0 Å². The molecule has 2 atom stereocenters. The molecule has 1 heterocycles. The molecule has 1 aliphatic rings. The van der Waals surface area contributed by atoms with Crippen LogP contribution in [0.3, 0.4) is 0 Å². The highest BCUT2D eigenvalue weighted by molar-refractivity contribution is 5.78. The zero-order valence-corrected chi connectivity index (χ0v) is 14.3. The molecule has 0 radical (unpaired) electrons. The van der Waals surface area contributed by atoms with Gasteiger partial charge in [0.15, 0.2) is 0 Å². The SMILES string of the molecule is CC(C)Oc1ccc(C2C(N)CCC(=O)N2C(C)(C)C)cc1. The van der Waals surface area contributed by atoms with Crippen LogP contribution >= 0.6 is 0 Å². The third-order valence-electron chi connectivity index (χ3n) is 3.96. The van der Waals surface area contributed by atoms with E-state index in [2.05, 4.69) is 20.8 Å². The van der Waals surface area contributed by atoms with Crippen molar-refractivity contribution in [2.45, 2.75) is 71.2 Å². The molecule has 1 aromatic carbocycles. The van der Waals surface area contributed by atoms with E-state index >= 15 is 0 Å². The number of carbonyl (C=O) groups is 1. The molecule has 122 valence electrons. The Morgan fingerprint density at radius 2 is 1.82 bits per heavy atom. The number of amides is 1. The van der Waals surface area contributed by atoms with Crippen LogP contribution in [-0.2, 0) is 4.79 Å². The van der Waals surface area contributed by atoms with E-state index in [9.17, 15) is 4.79 Å². The lowest BCUT2D eigenvalue weighted by Crippen LogP contribution is -2.56. The van der Waals surface area contributed by atoms with Crippen LogP contribution in [-0.4, -0.2) is 28.5 Å². The minimum absolute atomic E-state index is 0.0335. The molecule has 2 unspecified atom stereocenters. The molecule has 1 aliphatic heterocycles. The summed E-state index contributed by atoms with van der Waals surface area (Å²) in [7, 11) is 0. The van der Waals surface area contributed by atoms with Crippen LogP contribution in [0.2, 0.25) is 0 Å². The van der Waals surface area contributed by atoms with E-state index in [1.165, 1.54) is 0 Å². The second-order valence-electron chi connectivity index (χ2n) is 7.32. The Labute approximate surface area is 133 Å². The van der Waals surface area contributed by atoms with Crippen molar-refractivity contribution in [1.82, 2.24) is 4.90 Å². The van der Waals surface area contributed by atoms with Crippen LogP contribution in [0.25, 0.3) is 0 Å². The summed E-state index contributed by atoms with van der Waals surface area (Å²) in [6.45, 7) is 10.2. The highest BCUT2D eigenvalue weighted by Crippen LogP contribution is 2.36. The summed E-state index contributed by atoms with van der Waals surface area (Å²) in [6, 6.07) is 7.87. The van der Waals surface area contributed by atoms with Crippen LogP contribution < -0.4 is 10.5 Å². The summed E-state index contributed by atoms with van der Waals surface area (Å²) >= 11 is 0. The average molecular weight is 304 g/mol. The van der Waals surface area contributed by atoms with Crippen molar-refractivity contribution in [2.75, 3.05) is 0 Å². The second-order valence-corrected chi connectivity index (χ2v) is 7.32. The van der Waals surface area contributed by atoms with Gasteiger partial charge in [0, 0.05) is 18.0 Å². The van der Waals surface area contributed by atoms with Gasteiger partial charge in [-0.25, -0.2) is 0 Å². The molecule has 22 heavy (non-hydrogen) atoms. The third kappa shape index (κ3) is 3.61. The largest absolute Gasteiger partial charge is 0.491 e. The van der Waals surface area contributed by atoms with Gasteiger partial charge in [-0.05, 0) is 58.7 Å². The molecule has 4 heteroatoms. The molecule has 4 nitrogen and oxygen atoms in total. The van der Waals surface area contributed by atoms with Crippen LogP contribution in [0, 0.1) is 0 Å². The van der Waals surface area contributed by atoms with E-state index < -0.39 is 0 Å². The molecular formula is C18H28N2O2. The zero-order chi connectivity index (χ0) is 16.5. The molecule has 0 saturated carbocycles. The Morgan fingerprint density at radius 1 is 1.23 bits per heavy atom. The van der Waals surface area contributed by atoms with Crippen molar-refractivity contribution in [3.05, 3.63) is 29.8 Å². The minimum Gasteiger partial charge on any atom is -0.491 e. The first kappa shape index (κ1) is 16.8. The van der Waals surface area contributed by atoms with Crippen molar-refractivity contribution < 1.29 is 9.53 Å². The zero-order valence-electron chi connectivity index (χ0n) is 14.3. The first-order valence-electron chi connectivity index (χ1n) is 8.04. The molecule has 0 bridgehead atoms. The number of carbonyl (C=O) groups excluding carboxylic acids is 1. The van der Waals surface area contributed by atoms with Gasteiger partial charge in [-0.15, -0.1) is 0 Å². The summed E-state index contributed by atoms with van der Waals surface area (Å²) in [5.41, 5.74) is 7.19. The van der Waals surface area contributed by atoms with Gasteiger partial charge in [-0.2, -0.15) is 0 Å². The van der Waals surface area contributed by atoms with E-state index in [0.717, 1.165) is 17.7 Å². The Bertz CT molecular complexity index is 517. The minimum atomic E-state index is -0.243. The summed E-state index contributed by atoms with van der Waals surface area (Å²) in [6.07, 6.45) is 1.42. The molecule has 0 aliphatic carbocycles. The predicted molar refractivity (Wildman–Crippen MR) is 88.8 cm³/mol. The summed E-state index contributed by atoms with van der Waals surface area (Å²) in [5, 5.41) is 0. The monoisotopic (exact) mass is 304 g/mol. The maximum absolute atomic E-state index is 12.4. The van der Waals surface area contributed by atoms with Crippen molar-refractivity contribution in [2.24, 2.45) is 5.73 Å². The fourth-order valence-corrected chi connectivity index (χ4v) is 3.12. The number of rotatable bonds is 3. The molecular weight excluding hydrogens is 276 g/mol. The molecule has 0 spiro atoms.